The highest BCUT2D eigenvalue weighted by atomic mass is 16.2. The van der Waals surface area contributed by atoms with Gasteiger partial charge in [-0.3, -0.25) is 9.59 Å². The second kappa shape index (κ2) is 4.17. The third-order valence-corrected chi connectivity index (χ3v) is 3.77. The number of hydrogen-bond acceptors (Lipinski definition) is 2. The minimum Gasteiger partial charge on any atom is -0.345 e. The molecule has 3 heteroatoms. The number of hydrogen-bond donors (Lipinski definition) is 1. The zero-order chi connectivity index (χ0) is 10.8. The Labute approximate surface area is 89.9 Å². The first-order valence-electron chi connectivity index (χ1n) is 5.63. The molecule has 82 valence electrons. The number of carbonyl (C=O) groups excluding carboxylic acids is 2. The summed E-state index contributed by atoms with van der Waals surface area (Å²) in [5, 5.41) is 2.56. The average molecular weight is 207 g/mol. The lowest BCUT2D eigenvalue weighted by Gasteiger charge is -2.20. The number of amides is 1. The van der Waals surface area contributed by atoms with Crippen LogP contribution < -0.4 is 5.32 Å². The van der Waals surface area contributed by atoms with E-state index in [1.807, 2.05) is 0 Å². The van der Waals surface area contributed by atoms with Gasteiger partial charge in [0, 0.05) is 5.92 Å². The van der Waals surface area contributed by atoms with Gasteiger partial charge in [-0.1, -0.05) is 13.0 Å². The Hall–Kier alpha value is -1.12. The summed E-state index contributed by atoms with van der Waals surface area (Å²) in [6.07, 6.45) is 5.98. The first kappa shape index (κ1) is 10.4. The Bertz CT molecular complexity index is 298. The van der Waals surface area contributed by atoms with Crippen molar-refractivity contribution in [2.24, 2.45) is 17.8 Å². The standard InChI is InChI=1S/C12H17NO2/c1-2-12(15)13-7-11(14)10-6-8-3-4-9(10)5-8/h2,8-10H,1,3-7H2,(H,13,15). The second-order valence-electron chi connectivity index (χ2n) is 4.67. The lowest BCUT2D eigenvalue weighted by atomic mass is 9.85. The van der Waals surface area contributed by atoms with E-state index in [0.29, 0.717) is 5.92 Å². The SMILES string of the molecule is C=CC(=O)NCC(=O)C1CC2CCC1C2. The number of Topliss-reactive ketones (excluding diaryl/α,β-unsaturated/α-hetero) is 1. The molecule has 0 aromatic carbocycles. The van der Waals surface area contributed by atoms with Gasteiger partial charge in [0.2, 0.25) is 5.91 Å². The Morgan fingerprint density at radius 3 is 2.67 bits per heavy atom. The zero-order valence-electron chi connectivity index (χ0n) is 8.87. The van der Waals surface area contributed by atoms with Crippen LogP contribution in [0.25, 0.3) is 0 Å². The van der Waals surface area contributed by atoms with Crippen molar-refractivity contribution in [1.29, 1.82) is 0 Å². The Balaban J connectivity index is 1.81. The maximum atomic E-state index is 11.8. The molecule has 2 saturated carbocycles. The van der Waals surface area contributed by atoms with Crippen LogP contribution in [0.3, 0.4) is 0 Å². The molecule has 2 bridgehead atoms. The highest BCUT2D eigenvalue weighted by molar-refractivity contribution is 5.92. The van der Waals surface area contributed by atoms with E-state index in [0.717, 1.165) is 12.3 Å². The molecule has 3 unspecified atom stereocenters. The molecule has 3 atom stereocenters. The highest BCUT2D eigenvalue weighted by Gasteiger charge is 2.42. The fourth-order valence-electron chi connectivity index (χ4n) is 3.02. The molecule has 0 radical (unpaired) electrons. The fraction of sp³-hybridized carbons (Fsp3) is 0.667. The second-order valence-corrected chi connectivity index (χ2v) is 4.67. The van der Waals surface area contributed by atoms with E-state index in [4.69, 9.17) is 0 Å². The minimum absolute atomic E-state index is 0.179. The van der Waals surface area contributed by atoms with Gasteiger partial charge in [-0.05, 0) is 37.2 Å². The van der Waals surface area contributed by atoms with E-state index in [2.05, 4.69) is 11.9 Å². The Morgan fingerprint density at radius 1 is 1.33 bits per heavy atom. The predicted octanol–water partition coefficient (Wildman–Crippen LogP) is 1.29. The number of fused-ring (bicyclic) bond motifs is 2. The van der Waals surface area contributed by atoms with Crippen molar-refractivity contribution in [3.8, 4) is 0 Å². The van der Waals surface area contributed by atoms with Crippen LogP contribution >= 0.6 is 0 Å². The molecular weight excluding hydrogens is 190 g/mol. The molecule has 3 nitrogen and oxygen atoms in total. The summed E-state index contributed by atoms with van der Waals surface area (Å²) in [6, 6.07) is 0. The van der Waals surface area contributed by atoms with Crippen LogP contribution in [0.2, 0.25) is 0 Å². The monoisotopic (exact) mass is 207 g/mol. The molecule has 1 N–H and O–H groups in total. The molecule has 0 spiro atoms. The van der Waals surface area contributed by atoms with Gasteiger partial charge in [-0.15, -0.1) is 0 Å². The third-order valence-electron chi connectivity index (χ3n) is 3.77. The molecule has 15 heavy (non-hydrogen) atoms. The van der Waals surface area contributed by atoms with Crippen molar-refractivity contribution in [2.45, 2.75) is 25.7 Å². The van der Waals surface area contributed by atoms with Gasteiger partial charge in [0.15, 0.2) is 5.78 Å². The number of carbonyl (C=O) groups is 2. The summed E-state index contributed by atoms with van der Waals surface area (Å²) in [6.45, 7) is 3.53. The summed E-state index contributed by atoms with van der Waals surface area (Å²) in [5.74, 6) is 1.54. The zero-order valence-corrected chi connectivity index (χ0v) is 8.87. The number of ketones is 1. The lowest BCUT2D eigenvalue weighted by Crippen LogP contribution is -2.33. The summed E-state index contributed by atoms with van der Waals surface area (Å²) in [7, 11) is 0. The van der Waals surface area contributed by atoms with Gasteiger partial charge >= 0.3 is 0 Å². The van der Waals surface area contributed by atoms with E-state index in [9.17, 15) is 9.59 Å². The van der Waals surface area contributed by atoms with Gasteiger partial charge in [-0.2, -0.15) is 0 Å². The number of nitrogens with one attached hydrogen (secondary N) is 1. The largest absolute Gasteiger partial charge is 0.345 e. The molecule has 1 amide bonds. The topological polar surface area (TPSA) is 46.2 Å². The van der Waals surface area contributed by atoms with Gasteiger partial charge in [0.25, 0.3) is 0 Å². The molecule has 0 aliphatic heterocycles. The molecule has 0 saturated heterocycles. The van der Waals surface area contributed by atoms with E-state index in [1.54, 1.807) is 0 Å². The summed E-state index contributed by atoms with van der Waals surface area (Å²) in [5.41, 5.74) is 0. The Morgan fingerprint density at radius 2 is 2.13 bits per heavy atom. The lowest BCUT2D eigenvalue weighted by molar-refractivity contribution is -0.126. The van der Waals surface area contributed by atoms with Gasteiger partial charge in [0.05, 0.1) is 6.54 Å². The van der Waals surface area contributed by atoms with Crippen molar-refractivity contribution in [1.82, 2.24) is 5.32 Å². The number of rotatable bonds is 4. The van der Waals surface area contributed by atoms with E-state index in [-0.39, 0.29) is 24.2 Å². The van der Waals surface area contributed by atoms with E-state index >= 15 is 0 Å². The van der Waals surface area contributed by atoms with Crippen LogP contribution in [0.4, 0.5) is 0 Å². The van der Waals surface area contributed by atoms with Crippen molar-refractivity contribution < 1.29 is 9.59 Å². The van der Waals surface area contributed by atoms with Crippen molar-refractivity contribution in [3.05, 3.63) is 12.7 Å². The van der Waals surface area contributed by atoms with Crippen LogP contribution in [0.1, 0.15) is 25.7 Å². The van der Waals surface area contributed by atoms with Crippen LogP contribution in [0.5, 0.6) is 0 Å². The minimum atomic E-state index is -0.258. The molecule has 2 aliphatic rings. The smallest absolute Gasteiger partial charge is 0.243 e. The first-order valence-corrected chi connectivity index (χ1v) is 5.63. The molecular formula is C12H17NO2. The first-order chi connectivity index (χ1) is 7.20. The molecule has 2 fully saturated rings. The maximum Gasteiger partial charge on any atom is 0.243 e. The molecule has 0 aromatic heterocycles. The summed E-state index contributed by atoms with van der Waals surface area (Å²) in [4.78, 5) is 22.7. The van der Waals surface area contributed by atoms with Crippen LogP contribution in [-0.2, 0) is 9.59 Å². The van der Waals surface area contributed by atoms with E-state index in [1.165, 1.54) is 25.3 Å². The van der Waals surface area contributed by atoms with Crippen LogP contribution in [0, 0.1) is 17.8 Å². The highest BCUT2D eigenvalue weighted by Crippen LogP contribution is 2.48. The quantitative estimate of drug-likeness (QED) is 0.706. The summed E-state index contributed by atoms with van der Waals surface area (Å²) >= 11 is 0. The van der Waals surface area contributed by atoms with Crippen LogP contribution in [-0.4, -0.2) is 18.2 Å². The average Bonchev–Trinajstić information content (AvgIpc) is 2.86. The van der Waals surface area contributed by atoms with Gasteiger partial charge in [0.1, 0.15) is 0 Å². The fourth-order valence-corrected chi connectivity index (χ4v) is 3.02. The molecule has 2 rings (SSSR count). The normalized spacial score (nSPS) is 32.7. The molecule has 0 heterocycles. The Kier molecular flexibility index (Phi) is 2.89. The predicted molar refractivity (Wildman–Crippen MR) is 57.2 cm³/mol. The third kappa shape index (κ3) is 2.11. The van der Waals surface area contributed by atoms with Crippen molar-refractivity contribution in [3.63, 3.8) is 0 Å². The molecule has 0 aromatic rings. The van der Waals surface area contributed by atoms with Crippen molar-refractivity contribution in [2.75, 3.05) is 6.54 Å². The molecule has 2 aliphatic carbocycles. The van der Waals surface area contributed by atoms with Gasteiger partial charge in [-0.25, -0.2) is 0 Å². The van der Waals surface area contributed by atoms with E-state index < -0.39 is 0 Å². The maximum absolute atomic E-state index is 11.8. The van der Waals surface area contributed by atoms with Crippen molar-refractivity contribution >= 4 is 11.7 Å². The van der Waals surface area contributed by atoms with Gasteiger partial charge < -0.3 is 5.32 Å². The van der Waals surface area contributed by atoms with Crippen LogP contribution in [0.15, 0.2) is 12.7 Å². The summed E-state index contributed by atoms with van der Waals surface area (Å²) < 4.78 is 0.